The number of aromatic nitrogens is 1. The van der Waals surface area contributed by atoms with Crippen LogP contribution in [0.25, 0.3) is 0 Å². The van der Waals surface area contributed by atoms with Gasteiger partial charge in [0, 0.05) is 19.1 Å². The molecular formula is C12H17N3. The molecule has 3 heteroatoms. The van der Waals surface area contributed by atoms with E-state index < -0.39 is 0 Å². The molecule has 0 unspecified atom stereocenters. The highest BCUT2D eigenvalue weighted by Crippen LogP contribution is 2.25. The normalized spacial score (nSPS) is 20.7. The van der Waals surface area contributed by atoms with E-state index in [1.54, 1.807) is 0 Å². The SMILES string of the molecule is c1cc(N2CCCC2)ncc1NC1CC1. The lowest BCUT2D eigenvalue weighted by molar-refractivity contribution is 0.937. The van der Waals surface area contributed by atoms with Crippen molar-refractivity contribution in [3.05, 3.63) is 18.3 Å². The molecule has 2 fully saturated rings. The summed E-state index contributed by atoms with van der Waals surface area (Å²) in [6.45, 7) is 2.34. The number of rotatable bonds is 3. The van der Waals surface area contributed by atoms with Gasteiger partial charge in [-0.1, -0.05) is 0 Å². The van der Waals surface area contributed by atoms with Crippen molar-refractivity contribution in [1.82, 2.24) is 4.98 Å². The van der Waals surface area contributed by atoms with Gasteiger partial charge in [-0.15, -0.1) is 0 Å². The summed E-state index contributed by atoms with van der Waals surface area (Å²) in [4.78, 5) is 6.87. The van der Waals surface area contributed by atoms with E-state index in [2.05, 4.69) is 27.3 Å². The summed E-state index contributed by atoms with van der Waals surface area (Å²) in [7, 11) is 0. The molecule has 15 heavy (non-hydrogen) atoms. The molecule has 1 aromatic rings. The van der Waals surface area contributed by atoms with Gasteiger partial charge in [-0.3, -0.25) is 0 Å². The van der Waals surface area contributed by atoms with E-state index in [0.717, 1.165) is 5.82 Å². The molecule has 1 aliphatic heterocycles. The third-order valence-corrected chi connectivity index (χ3v) is 3.13. The van der Waals surface area contributed by atoms with Gasteiger partial charge in [-0.25, -0.2) is 4.98 Å². The van der Waals surface area contributed by atoms with E-state index in [9.17, 15) is 0 Å². The predicted octanol–water partition coefficient (Wildman–Crippen LogP) is 2.26. The Hall–Kier alpha value is -1.25. The van der Waals surface area contributed by atoms with Crippen LogP contribution in [0.3, 0.4) is 0 Å². The third kappa shape index (κ3) is 2.06. The van der Waals surface area contributed by atoms with Crippen molar-refractivity contribution in [2.24, 2.45) is 0 Å². The van der Waals surface area contributed by atoms with Gasteiger partial charge in [0.1, 0.15) is 5.82 Å². The first-order chi connectivity index (χ1) is 7.42. The summed E-state index contributed by atoms with van der Waals surface area (Å²) in [6.07, 6.45) is 7.21. The van der Waals surface area contributed by atoms with Gasteiger partial charge in [0.25, 0.3) is 0 Å². The minimum atomic E-state index is 0.712. The maximum absolute atomic E-state index is 4.50. The van der Waals surface area contributed by atoms with Crippen molar-refractivity contribution in [3.63, 3.8) is 0 Å². The first-order valence-corrected chi connectivity index (χ1v) is 5.89. The first-order valence-electron chi connectivity index (χ1n) is 5.89. The largest absolute Gasteiger partial charge is 0.381 e. The molecule has 0 bridgehead atoms. The van der Waals surface area contributed by atoms with Crippen LogP contribution in [0.1, 0.15) is 25.7 Å². The van der Waals surface area contributed by atoms with Gasteiger partial charge in [-0.05, 0) is 37.8 Å². The van der Waals surface area contributed by atoms with Crippen molar-refractivity contribution in [1.29, 1.82) is 0 Å². The zero-order valence-electron chi connectivity index (χ0n) is 8.95. The molecular weight excluding hydrogens is 186 g/mol. The van der Waals surface area contributed by atoms with Gasteiger partial charge in [0.05, 0.1) is 11.9 Å². The summed E-state index contributed by atoms with van der Waals surface area (Å²) < 4.78 is 0. The lowest BCUT2D eigenvalue weighted by atomic mass is 10.4. The molecule has 3 rings (SSSR count). The topological polar surface area (TPSA) is 28.2 Å². The molecule has 0 atom stereocenters. The summed E-state index contributed by atoms with van der Waals surface area (Å²) in [5.41, 5.74) is 1.17. The standard InChI is InChI=1S/C12H17N3/c1-2-8-15(7-1)12-6-5-11(9-13-12)14-10-3-4-10/h5-6,9-10,14H,1-4,7-8H2. The fourth-order valence-electron chi connectivity index (χ4n) is 2.07. The summed E-state index contributed by atoms with van der Waals surface area (Å²) in [5, 5.41) is 3.45. The first kappa shape index (κ1) is 9.01. The Morgan fingerprint density at radius 3 is 2.60 bits per heavy atom. The Bertz CT molecular complexity index is 323. The van der Waals surface area contributed by atoms with Crippen molar-refractivity contribution in [2.75, 3.05) is 23.3 Å². The maximum Gasteiger partial charge on any atom is 0.128 e. The van der Waals surface area contributed by atoms with E-state index in [1.165, 1.54) is 44.5 Å². The number of pyridine rings is 1. The van der Waals surface area contributed by atoms with Crippen LogP contribution in [-0.2, 0) is 0 Å². The Kier molecular flexibility index (Phi) is 2.24. The maximum atomic E-state index is 4.50. The van der Waals surface area contributed by atoms with Crippen molar-refractivity contribution in [3.8, 4) is 0 Å². The van der Waals surface area contributed by atoms with E-state index in [4.69, 9.17) is 0 Å². The third-order valence-electron chi connectivity index (χ3n) is 3.13. The van der Waals surface area contributed by atoms with Crippen LogP contribution in [-0.4, -0.2) is 24.1 Å². The molecule has 1 N–H and O–H groups in total. The summed E-state index contributed by atoms with van der Waals surface area (Å²) >= 11 is 0. The number of anilines is 2. The fraction of sp³-hybridized carbons (Fsp3) is 0.583. The van der Waals surface area contributed by atoms with Crippen LogP contribution >= 0.6 is 0 Å². The van der Waals surface area contributed by atoms with E-state index >= 15 is 0 Å². The second kappa shape index (κ2) is 3.72. The Morgan fingerprint density at radius 1 is 1.20 bits per heavy atom. The Morgan fingerprint density at radius 2 is 2.00 bits per heavy atom. The van der Waals surface area contributed by atoms with Crippen molar-refractivity contribution in [2.45, 2.75) is 31.7 Å². The van der Waals surface area contributed by atoms with Crippen LogP contribution in [0.15, 0.2) is 18.3 Å². The highest BCUT2D eigenvalue weighted by molar-refractivity contribution is 5.50. The lowest BCUT2D eigenvalue weighted by Crippen LogP contribution is -2.18. The minimum Gasteiger partial charge on any atom is -0.381 e. The number of hydrogen-bond donors (Lipinski definition) is 1. The Labute approximate surface area is 90.5 Å². The molecule has 1 saturated heterocycles. The fourth-order valence-corrected chi connectivity index (χ4v) is 2.07. The van der Waals surface area contributed by atoms with Gasteiger partial charge >= 0.3 is 0 Å². The van der Waals surface area contributed by atoms with Crippen LogP contribution in [0.5, 0.6) is 0 Å². The molecule has 0 amide bonds. The van der Waals surface area contributed by atoms with Crippen molar-refractivity contribution >= 4 is 11.5 Å². The zero-order valence-corrected chi connectivity index (χ0v) is 8.95. The second-order valence-corrected chi connectivity index (χ2v) is 4.52. The Balaban J connectivity index is 1.68. The number of hydrogen-bond acceptors (Lipinski definition) is 3. The smallest absolute Gasteiger partial charge is 0.128 e. The minimum absolute atomic E-state index is 0.712. The zero-order chi connectivity index (χ0) is 10.1. The molecule has 0 spiro atoms. The van der Waals surface area contributed by atoms with Crippen LogP contribution in [0, 0.1) is 0 Å². The molecule has 1 aliphatic carbocycles. The highest BCUT2D eigenvalue weighted by atomic mass is 15.2. The van der Waals surface area contributed by atoms with E-state index in [-0.39, 0.29) is 0 Å². The highest BCUT2D eigenvalue weighted by Gasteiger charge is 2.21. The van der Waals surface area contributed by atoms with E-state index in [1.807, 2.05) is 6.20 Å². The molecule has 0 aromatic carbocycles. The van der Waals surface area contributed by atoms with Gasteiger partial charge < -0.3 is 10.2 Å². The van der Waals surface area contributed by atoms with Crippen molar-refractivity contribution < 1.29 is 0 Å². The van der Waals surface area contributed by atoms with Crippen LogP contribution in [0.4, 0.5) is 11.5 Å². The van der Waals surface area contributed by atoms with E-state index in [0.29, 0.717) is 6.04 Å². The molecule has 1 aromatic heterocycles. The van der Waals surface area contributed by atoms with Gasteiger partial charge in [0.15, 0.2) is 0 Å². The quantitative estimate of drug-likeness (QED) is 0.816. The average Bonchev–Trinajstić information content (AvgIpc) is 2.92. The summed E-state index contributed by atoms with van der Waals surface area (Å²) in [6, 6.07) is 5.00. The lowest BCUT2D eigenvalue weighted by Gasteiger charge is -2.16. The van der Waals surface area contributed by atoms with Crippen LogP contribution < -0.4 is 10.2 Å². The molecule has 3 nitrogen and oxygen atoms in total. The van der Waals surface area contributed by atoms with Crippen LogP contribution in [0.2, 0.25) is 0 Å². The molecule has 80 valence electrons. The van der Waals surface area contributed by atoms with Gasteiger partial charge in [-0.2, -0.15) is 0 Å². The number of nitrogens with zero attached hydrogens (tertiary/aromatic N) is 2. The molecule has 0 radical (unpaired) electrons. The number of nitrogens with one attached hydrogen (secondary N) is 1. The predicted molar refractivity (Wildman–Crippen MR) is 62.3 cm³/mol. The monoisotopic (exact) mass is 203 g/mol. The van der Waals surface area contributed by atoms with Gasteiger partial charge in [0.2, 0.25) is 0 Å². The summed E-state index contributed by atoms with van der Waals surface area (Å²) in [5.74, 6) is 1.13. The molecule has 2 aliphatic rings. The average molecular weight is 203 g/mol. The molecule has 1 saturated carbocycles. The second-order valence-electron chi connectivity index (χ2n) is 4.52. The molecule has 2 heterocycles.